The summed E-state index contributed by atoms with van der Waals surface area (Å²) in [5.41, 5.74) is 2.41. The molecular formula is C23H30O10. The summed E-state index contributed by atoms with van der Waals surface area (Å²) in [4.78, 5) is 47.3. The van der Waals surface area contributed by atoms with Gasteiger partial charge in [0.1, 0.15) is 6.10 Å². The Labute approximate surface area is 192 Å². The second-order valence-corrected chi connectivity index (χ2v) is 7.58. The van der Waals surface area contributed by atoms with E-state index in [1.54, 1.807) is 6.07 Å². The number of carbonyl (C=O) groups is 4. The number of rotatable bonds is 8. The Bertz CT molecular complexity index is 880. The molecule has 5 atom stereocenters. The van der Waals surface area contributed by atoms with Crippen LogP contribution < -0.4 is 0 Å². The maximum Gasteiger partial charge on any atom is 0.305 e. The average Bonchev–Trinajstić information content (AvgIpc) is 2.70. The van der Waals surface area contributed by atoms with Crippen LogP contribution in [0.3, 0.4) is 0 Å². The molecule has 1 aromatic rings. The molecule has 2 rings (SSSR count). The van der Waals surface area contributed by atoms with Crippen molar-refractivity contribution in [2.75, 3.05) is 6.61 Å². The number of hydrogen-bond acceptors (Lipinski definition) is 10. The maximum absolute atomic E-state index is 11.9. The molecule has 1 fully saturated rings. The minimum absolute atomic E-state index is 0.345. The smallest absolute Gasteiger partial charge is 0.305 e. The van der Waals surface area contributed by atoms with Crippen molar-refractivity contribution < 1.29 is 47.6 Å². The first kappa shape index (κ1) is 26.3. The lowest BCUT2D eigenvalue weighted by Crippen LogP contribution is -2.59. The van der Waals surface area contributed by atoms with Crippen molar-refractivity contribution in [2.45, 2.75) is 78.9 Å². The van der Waals surface area contributed by atoms with Crippen molar-refractivity contribution in [3.8, 4) is 0 Å². The van der Waals surface area contributed by atoms with E-state index in [0.717, 1.165) is 31.9 Å². The largest absolute Gasteiger partial charge is 0.455 e. The number of aryl methyl sites for hydroxylation is 1. The first-order valence-corrected chi connectivity index (χ1v) is 10.5. The normalized spacial score (nSPS) is 24.5. The van der Waals surface area contributed by atoms with Crippen LogP contribution in [0.1, 0.15) is 57.4 Å². The topological polar surface area (TPSA) is 124 Å². The predicted octanol–water partition coefficient (Wildman–Crippen LogP) is 2.29. The van der Waals surface area contributed by atoms with Crippen LogP contribution in [-0.2, 0) is 54.2 Å². The summed E-state index contributed by atoms with van der Waals surface area (Å²) in [6, 6.07) is 5.42. The Balaban J connectivity index is 2.58. The quantitative estimate of drug-likeness (QED) is 0.416. The van der Waals surface area contributed by atoms with Gasteiger partial charge in [-0.2, -0.15) is 0 Å². The Morgan fingerprint density at radius 1 is 0.818 bits per heavy atom. The van der Waals surface area contributed by atoms with Gasteiger partial charge in [0, 0.05) is 34.3 Å². The predicted molar refractivity (Wildman–Crippen MR) is 113 cm³/mol. The number of carbonyl (C=O) groups excluding carboxylic acids is 4. The molecule has 1 unspecified atom stereocenters. The molecule has 1 aromatic carbocycles. The van der Waals surface area contributed by atoms with Crippen molar-refractivity contribution in [2.24, 2.45) is 0 Å². The molecule has 0 amide bonds. The summed E-state index contributed by atoms with van der Waals surface area (Å²) in [5, 5.41) is 0. The fourth-order valence-electron chi connectivity index (χ4n) is 3.54. The summed E-state index contributed by atoms with van der Waals surface area (Å²) in [6.07, 6.45) is -6.26. The summed E-state index contributed by atoms with van der Waals surface area (Å²) in [6.45, 7) is 9.32. The van der Waals surface area contributed by atoms with Crippen LogP contribution >= 0.6 is 0 Å². The van der Waals surface area contributed by atoms with E-state index < -0.39 is 54.6 Å². The second kappa shape index (κ2) is 11.8. The van der Waals surface area contributed by atoms with E-state index in [2.05, 4.69) is 0 Å². The lowest BCUT2D eigenvalue weighted by molar-refractivity contribution is -0.298. The molecule has 1 aliphatic heterocycles. The molecule has 0 saturated carbocycles. The third-order valence-electron chi connectivity index (χ3n) is 4.85. The van der Waals surface area contributed by atoms with E-state index >= 15 is 0 Å². The highest BCUT2D eigenvalue weighted by atomic mass is 16.7. The molecule has 0 aromatic heterocycles. The molecule has 182 valence electrons. The zero-order chi connectivity index (χ0) is 24.7. The molecule has 1 aliphatic rings. The second-order valence-electron chi connectivity index (χ2n) is 7.58. The molecule has 33 heavy (non-hydrogen) atoms. The van der Waals surface area contributed by atoms with E-state index in [0.29, 0.717) is 18.8 Å². The van der Waals surface area contributed by atoms with E-state index in [4.69, 9.17) is 28.4 Å². The van der Waals surface area contributed by atoms with Crippen LogP contribution in [0.4, 0.5) is 0 Å². The first-order valence-electron chi connectivity index (χ1n) is 10.5. The highest BCUT2D eigenvalue weighted by Crippen LogP contribution is 2.38. The van der Waals surface area contributed by atoms with Crippen LogP contribution in [0.5, 0.6) is 0 Å². The molecule has 10 heteroatoms. The van der Waals surface area contributed by atoms with Crippen LogP contribution in [0.25, 0.3) is 0 Å². The van der Waals surface area contributed by atoms with Crippen molar-refractivity contribution in [1.29, 1.82) is 0 Å². The van der Waals surface area contributed by atoms with Gasteiger partial charge in [0.05, 0.1) is 6.61 Å². The van der Waals surface area contributed by atoms with Crippen molar-refractivity contribution >= 4 is 23.9 Å². The van der Waals surface area contributed by atoms with E-state index in [-0.39, 0.29) is 0 Å². The van der Waals surface area contributed by atoms with Gasteiger partial charge in [-0.3, -0.25) is 19.2 Å². The third kappa shape index (κ3) is 7.26. The third-order valence-corrected chi connectivity index (χ3v) is 4.85. The van der Waals surface area contributed by atoms with Crippen LogP contribution in [0.2, 0.25) is 0 Å². The molecule has 10 nitrogen and oxygen atoms in total. The molecule has 1 heterocycles. The van der Waals surface area contributed by atoms with Gasteiger partial charge in [-0.25, -0.2) is 0 Å². The standard InChI is InChI=1S/C23H30O10/c1-7-28-11-18-10-17(9-8-12(18)2)19-20(29-13(3)24)21(30-14(4)25)22(31-15(5)26)23(33-19)32-16(6)27/h8-10,19-23H,7,11H2,1-6H3/t19-,20-,21+,22-,23?/m0/s1. The minimum atomic E-state index is -1.41. The van der Waals surface area contributed by atoms with Crippen LogP contribution in [0.15, 0.2) is 18.2 Å². The molecule has 0 spiro atoms. The SMILES string of the molecule is CCOCc1cc([C@@H]2OC(OC(C)=O)[C@@H](OC(C)=O)[C@H](OC(C)=O)[C@H]2OC(C)=O)ccc1C. The zero-order valence-electron chi connectivity index (χ0n) is 19.6. The molecular weight excluding hydrogens is 436 g/mol. The Morgan fingerprint density at radius 2 is 1.36 bits per heavy atom. The molecule has 0 bridgehead atoms. The highest BCUT2D eigenvalue weighted by Gasteiger charge is 2.53. The van der Waals surface area contributed by atoms with Crippen molar-refractivity contribution in [3.05, 3.63) is 34.9 Å². The average molecular weight is 466 g/mol. The van der Waals surface area contributed by atoms with Gasteiger partial charge < -0.3 is 28.4 Å². The molecule has 1 saturated heterocycles. The van der Waals surface area contributed by atoms with E-state index in [1.165, 1.54) is 6.92 Å². The molecule has 0 aliphatic carbocycles. The maximum atomic E-state index is 11.9. The Kier molecular flexibility index (Phi) is 9.36. The Hall–Kier alpha value is -2.98. The van der Waals surface area contributed by atoms with Crippen LogP contribution in [-0.4, -0.2) is 55.1 Å². The summed E-state index contributed by atoms with van der Waals surface area (Å²) in [7, 11) is 0. The number of hydrogen-bond donors (Lipinski definition) is 0. The number of ether oxygens (including phenoxy) is 6. The fourth-order valence-corrected chi connectivity index (χ4v) is 3.54. The molecule has 0 radical (unpaired) electrons. The van der Waals surface area contributed by atoms with Gasteiger partial charge in [-0.15, -0.1) is 0 Å². The Morgan fingerprint density at radius 3 is 1.91 bits per heavy atom. The summed E-state index contributed by atoms with van der Waals surface area (Å²) in [5.74, 6) is -2.81. The summed E-state index contributed by atoms with van der Waals surface area (Å²) >= 11 is 0. The number of benzene rings is 1. The fraction of sp³-hybridized carbons (Fsp3) is 0.565. The molecule has 0 N–H and O–H groups in total. The lowest BCUT2D eigenvalue weighted by Gasteiger charge is -2.44. The number of esters is 4. The van der Waals surface area contributed by atoms with Gasteiger partial charge >= 0.3 is 23.9 Å². The van der Waals surface area contributed by atoms with Crippen LogP contribution in [0, 0.1) is 6.92 Å². The minimum Gasteiger partial charge on any atom is -0.455 e. The van der Waals surface area contributed by atoms with Gasteiger partial charge in [-0.1, -0.05) is 18.2 Å². The van der Waals surface area contributed by atoms with Gasteiger partial charge in [0.25, 0.3) is 0 Å². The monoisotopic (exact) mass is 466 g/mol. The van der Waals surface area contributed by atoms with E-state index in [9.17, 15) is 19.2 Å². The van der Waals surface area contributed by atoms with Crippen molar-refractivity contribution in [1.82, 2.24) is 0 Å². The highest BCUT2D eigenvalue weighted by molar-refractivity contribution is 5.69. The van der Waals surface area contributed by atoms with Gasteiger partial charge in [-0.05, 0) is 30.5 Å². The zero-order valence-corrected chi connectivity index (χ0v) is 19.6. The lowest BCUT2D eigenvalue weighted by atomic mass is 9.91. The summed E-state index contributed by atoms with van der Waals surface area (Å²) < 4.78 is 32.9. The first-order chi connectivity index (χ1) is 15.5. The van der Waals surface area contributed by atoms with Crippen molar-refractivity contribution in [3.63, 3.8) is 0 Å². The van der Waals surface area contributed by atoms with Gasteiger partial charge in [0.2, 0.25) is 12.4 Å². The van der Waals surface area contributed by atoms with Gasteiger partial charge in [0.15, 0.2) is 12.2 Å². The van der Waals surface area contributed by atoms with E-state index in [1.807, 2.05) is 26.0 Å².